The molecule has 0 N–H and O–H groups in total. The number of epoxide rings is 1. The minimum atomic E-state index is 0.307. The van der Waals surface area contributed by atoms with Gasteiger partial charge in [0, 0.05) is 6.61 Å². The van der Waals surface area contributed by atoms with Crippen LogP contribution in [0.1, 0.15) is 104 Å². The summed E-state index contributed by atoms with van der Waals surface area (Å²) in [5, 5.41) is 0. The van der Waals surface area contributed by atoms with Crippen LogP contribution in [0.5, 0.6) is 0 Å². The SMILES string of the molecule is CCCCCCCCCCCCCCCCO[C@H](C)[C@H]1CO1. The third kappa shape index (κ3) is 12.5. The molecule has 0 unspecified atom stereocenters. The highest BCUT2D eigenvalue weighted by Gasteiger charge is 2.29. The molecule has 0 spiro atoms. The zero-order valence-corrected chi connectivity index (χ0v) is 15.3. The first-order valence-electron chi connectivity index (χ1n) is 10.1. The van der Waals surface area contributed by atoms with Gasteiger partial charge >= 0.3 is 0 Å². The maximum absolute atomic E-state index is 5.75. The normalized spacial score (nSPS) is 18.5. The fourth-order valence-corrected chi connectivity index (χ4v) is 3.00. The van der Waals surface area contributed by atoms with Crippen molar-refractivity contribution in [3.05, 3.63) is 0 Å². The fourth-order valence-electron chi connectivity index (χ4n) is 3.00. The molecular formula is C20H40O2. The van der Waals surface area contributed by atoms with Crippen LogP contribution in [0.15, 0.2) is 0 Å². The van der Waals surface area contributed by atoms with Gasteiger partial charge in [-0.3, -0.25) is 0 Å². The highest BCUT2D eigenvalue weighted by Crippen LogP contribution is 2.17. The van der Waals surface area contributed by atoms with Crippen LogP contribution in [-0.2, 0) is 9.47 Å². The molecule has 0 bridgehead atoms. The van der Waals surface area contributed by atoms with Crippen LogP contribution in [0.4, 0.5) is 0 Å². The van der Waals surface area contributed by atoms with Crippen molar-refractivity contribution in [2.45, 2.75) is 116 Å². The molecular weight excluding hydrogens is 272 g/mol. The summed E-state index contributed by atoms with van der Waals surface area (Å²) in [5.41, 5.74) is 0. The molecule has 1 saturated heterocycles. The molecule has 1 rings (SSSR count). The van der Waals surface area contributed by atoms with Crippen molar-refractivity contribution in [2.24, 2.45) is 0 Å². The molecule has 2 atom stereocenters. The van der Waals surface area contributed by atoms with E-state index in [1.165, 1.54) is 89.9 Å². The van der Waals surface area contributed by atoms with E-state index < -0.39 is 0 Å². The molecule has 0 amide bonds. The minimum absolute atomic E-state index is 0.307. The summed E-state index contributed by atoms with van der Waals surface area (Å²) in [6.45, 7) is 6.23. The first-order chi connectivity index (χ1) is 10.8. The Hall–Kier alpha value is -0.0800. The zero-order chi connectivity index (χ0) is 15.9. The largest absolute Gasteiger partial charge is 0.376 e. The van der Waals surface area contributed by atoms with E-state index in [0.717, 1.165) is 13.2 Å². The van der Waals surface area contributed by atoms with E-state index in [1.54, 1.807) is 0 Å². The van der Waals surface area contributed by atoms with Gasteiger partial charge in [-0.15, -0.1) is 0 Å². The van der Waals surface area contributed by atoms with Crippen LogP contribution in [0.3, 0.4) is 0 Å². The molecule has 2 nitrogen and oxygen atoms in total. The smallest absolute Gasteiger partial charge is 0.107 e. The number of hydrogen-bond acceptors (Lipinski definition) is 2. The molecule has 0 saturated carbocycles. The Morgan fingerprint density at radius 1 is 0.773 bits per heavy atom. The molecule has 132 valence electrons. The first kappa shape index (κ1) is 20.0. The van der Waals surface area contributed by atoms with Crippen molar-refractivity contribution >= 4 is 0 Å². The Kier molecular flexibility index (Phi) is 13.2. The highest BCUT2D eigenvalue weighted by atomic mass is 16.6. The van der Waals surface area contributed by atoms with Gasteiger partial charge < -0.3 is 9.47 Å². The lowest BCUT2D eigenvalue weighted by atomic mass is 10.0. The summed E-state index contributed by atoms with van der Waals surface area (Å²) in [7, 11) is 0. The van der Waals surface area contributed by atoms with Crippen LogP contribution < -0.4 is 0 Å². The summed E-state index contributed by atoms with van der Waals surface area (Å²) in [6, 6.07) is 0. The van der Waals surface area contributed by atoms with E-state index >= 15 is 0 Å². The van der Waals surface area contributed by atoms with Crippen molar-refractivity contribution in [1.29, 1.82) is 0 Å². The number of unbranched alkanes of at least 4 members (excludes halogenated alkanes) is 13. The van der Waals surface area contributed by atoms with Gasteiger partial charge in [-0.2, -0.15) is 0 Å². The van der Waals surface area contributed by atoms with Crippen molar-refractivity contribution < 1.29 is 9.47 Å². The lowest BCUT2D eigenvalue weighted by molar-refractivity contribution is 0.0434. The van der Waals surface area contributed by atoms with E-state index in [1.807, 2.05) is 0 Å². The van der Waals surface area contributed by atoms with E-state index in [9.17, 15) is 0 Å². The second kappa shape index (κ2) is 14.5. The Morgan fingerprint density at radius 2 is 1.18 bits per heavy atom. The molecule has 2 heteroatoms. The highest BCUT2D eigenvalue weighted by molar-refractivity contribution is 4.75. The van der Waals surface area contributed by atoms with Gasteiger partial charge in [0.1, 0.15) is 6.10 Å². The average Bonchev–Trinajstić information content (AvgIpc) is 3.36. The molecule has 1 aliphatic heterocycles. The summed E-state index contributed by atoms with van der Waals surface area (Å²) < 4.78 is 11.0. The Balaban J connectivity index is 1.64. The van der Waals surface area contributed by atoms with Gasteiger partial charge in [-0.05, 0) is 13.3 Å². The van der Waals surface area contributed by atoms with Gasteiger partial charge in [0.15, 0.2) is 0 Å². The monoisotopic (exact) mass is 312 g/mol. The molecule has 22 heavy (non-hydrogen) atoms. The fraction of sp³-hybridized carbons (Fsp3) is 1.00. The van der Waals surface area contributed by atoms with Crippen molar-refractivity contribution in [2.75, 3.05) is 13.2 Å². The summed E-state index contributed by atoms with van der Waals surface area (Å²) in [6.07, 6.45) is 20.5. The van der Waals surface area contributed by atoms with Gasteiger partial charge in [-0.1, -0.05) is 90.4 Å². The third-order valence-corrected chi connectivity index (χ3v) is 4.76. The van der Waals surface area contributed by atoms with E-state index in [0.29, 0.717) is 12.2 Å². The number of hydrogen-bond donors (Lipinski definition) is 0. The van der Waals surface area contributed by atoms with Crippen LogP contribution in [0.2, 0.25) is 0 Å². The number of rotatable bonds is 17. The van der Waals surface area contributed by atoms with E-state index in [4.69, 9.17) is 9.47 Å². The number of ether oxygens (including phenoxy) is 2. The second-order valence-corrected chi connectivity index (χ2v) is 7.04. The van der Waals surface area contributed by atoms with Crippen LogP contribution in [0, 0.1) is 0 Å². The maximum Gasteiger partial charge on any atom is 0.107 e. The van der Waals surface area contributed by atoms with Gasteiger partial charge in [-0.25, -0.2) is 0 Å². The molecule has 1 heterocycles. The maximum atomic E-state index is 5.75. The lowest BCUT2D eigenvalue weighted by Crippen LogP contribution is -2.15. The molecule has 0 aliphatic carbocycles. The lowest BCUT2D eigenvalue weighted by Gasteiger charge is -2.09. The van der Waals surface area contributed by atoms with Crippen molar-refractivity contribution in [1.82, 2.24) is 0 Å². The molecule has 1 fully saturated rings. The molecule has 0 aromatic rings. The Morgan fingerprint density at radius 3 is 1.59 bits per heavy atom. The van der Waals surface area contributed by atoms with Crippen molar-refractivity contribution in [3.63, 3.8) is 0 Å². The van der Waals surface area contributed by atoms with E-state index in [2.05, 4.69) is 13.8 Å². The Bertz CT molecular complexity index is 226. The summed E-state index contributed by atoms with van der Waals surface area (Å²) in [5.74, 6) is 0. The Labute approximate surface area is 139 Å². The van der Waals surface area contributed by atoms with Gasteiger partial charge in [0.2, 0.25) is 0 Å². The molecule has 1 aliphatic rings. The van der Waals surface area contributed by atoms with E-state index in [-0.39, 0.29) is 0 Å². The summed E-state index contributed by atoms with van der Waals surface area (Å²) >= 11 is 0. The van der Waals surface area contributed by atoms with Crippen LogP contribution >= 0.6 is 0 Å². The molecule has 0 aromatic heterocycles. The molecule has 0 aromatic carbocycles. The zero-order valence-electron chi connectivity index (χ0n) is 15.3. The predicted octanol–water partition coefficient (Wildman–Crippen LogP) is 6.27. The van der Waals surface area contributed by atoms with Gasteiger partial charge in [0.25, 0.3) is 0 Å². The third-order valence-electron chi connectivity index (χ3n) is 4.76. The quantitative estimate of drug-likeness (QED) is 0.233. The molecule has 0 radical (unpaired) electrons. The first-order valence-corrected chi connectivity index (χ1v) is 10.1. The predicted molar refractivity (Wildman–Crippen MR) is 95.5 cm³/mol. The van der Waals surface area contributed by atoms with Gasteiger partial charge in [0.05, 0.1) is 12.7 Å². The van der Waals surface area contributed by atoms with Crippen LogP contribution in [0.25, 0.3) is 0 Å². The summed E-state index contributed by atoms with van der Waals surface area (Å²) in [4.78, 5) is 0. The van der Waals surface area contributed by atoms with Crippen molar-refractivity contribution in [3.8, 4) is 0 Å². The second-order valence-electron chi connectivity index (χ2n) is 7.04. The topological polar surface area (TPSA) is 21.8 Å². The standard InChI is InChI=1S/C20H40O2/c1-3-4-5-6-7-8-9-10-11-12-13-14-15-16-17-21-19(2)20-18-22-20/h19-20H,3-18H2,1-2H3/t19-,20-/m1/s1. The van der Waals surface area contributed by atoms with Crippen LogP contribution in [-0.4, -0.2) is 25.4 Å². The minimum Gasteiger partial charge on any atom is -0.376 e. The average molecular weight is 313 g/mol.